The molecule has 0 spiro atoms. The molecule has 5 heteroatoms. The van der Waals surface area contributed by atoms with Crippen molar-refractivity contribution in [3.05, 3.63) is 54.1 Å². The third kappa shape index (κ3) is 1.79. The third-order valence-electron chi connectivity index (χ3n) is 2.60. The third-order valence-corrected chi connectivity index (χ3v) is 2.60. The first-order valence-corrected chi connectivity index (χ1v) is 5.40. The lowest BCUT2D eigenvalue weighted by Gasteiger charge is -2.04. The van der Waals surface area contributed by atoms with Crippen molar-refractivity contribution in [3.8, 4) is 0 Å². The summed E-state index contributed by atoms with van der Waals surface area (Å²) in [6, 6.07) is 11.0. The lowest BCUT2D eigenvalue weighted by molar-refractivity contribution is 0.590. The monoisotopic (exact) mass is 245 g/mol. The molecule has 2 aromatic carbocycles. The maximum Gasteiger partial charge on any atom is 0.205 e. The predicted molar refractivity (Wildman–Crippen MR) is 65.7 cm³/mol. The van der Waals surface area contributed by atoms with Crippen LogP contribution in [0, 0.1) is 11.6 Å². The molecule has 3 aromatic rings. The zero-order valence-corrected chi connectivity index (χ0v) is 9.24. The molecule has 3 nitrogen and oxygen atoms in total. The molecule has 0 saturated heterocycles. The van der Waals surface area contributed by atoms with Gasteiger partial charge in [-0.05, 0) is 24.3 Å². The van der Waals surface area contributed by atoms with Crippen molar-refractivity contribution in [3.63, 3.8) is 0 Å². The summed E-state index contributed by atoms with van der Waals surface area (Å²) in [6.07, 6.45) is 0. The molecule has 90 valence electrons. The minimum atomic E-state index is -0.657. The molecule has 2 N–H and O–H groups in total. The first kappa shape index (κ1) is 10.7. The summed E-state index contributed by atoms with van der Waals surface area (Å²) in [4.78, 5) is 7.13. The van der Waals surface area contributed by atoms with Gasteiger partial charge in [0.25, 0.3) is 0 Å². The van der Waals surface area contributed by atoms with Crippen molar-refractivity contribution in [1.29, 1.82) is 0 Å². The molecule has 1 aromatic heterocycles. The Kier molecular flexibility index (Phi) is 2.44. The van der Waals surface area contributed by atoms with E-state index in [0.29, 0.717) is 5.95 Å². The second-order valence-electron chi connectivity index (χ2n) is 3.82. The molecule has 0 fully saturated rings. The van der Waals surface area contributed by atoms with E-state index < -0.39 is 11.6 Å². The highest BCUT2D eigenvalue weighted by Gasteiger charge is 2.10. The fraction of sp³-hybridized carbons (Fsp3) is 0. The Bertz CT molecular complexity index is 653. The maximum absolute atomic E-state index is 13.4. The first-order valence-electron chi connectivity index (χ1n) is 5.40. The standard InChI is InChI=1S/C13H9F2N3/c14-8-4-3-5-9(15)12(8)18-13-16-10-6-1-2-7-11(10)17-13/h1-7H,(H2,16,17,18). The fourth-order valence-corrected chi connectivity index (χ4v) is 1.75. The summed E-state index contributed by atoms with van der Waals surface area (Å²) in [5.74, 6) is -1.01. The van der Waals surface area contributed by atoms with Crippen molar-refractivity contribution in [2.24, 2.45) is 0 Å². The Morgan fingerprint density at radius 2 is 1.67 bits per heavy atom. The van der Waals surface area contributed by atoms with E-state index in [9.17, 15) is 8.78 Å². The van der Waals surface area contributed by atoms with E-state index in [1.54, 1.807) is 0 Å². The summed E-state index contributed by atoms with van der Waals surface area (Å²) in [5, 5.41) is 2.61. The summed E-state index contributed by atoms with van der Waals surface area (Å²) in [5.41, 5.74) is 1.32. The molecule has 0 radical (unpaired) electrons. The van der Waals surface area contributed by atoms with Gasteiger partial charge in [-0.15, -0.1) is 0 Å². The molecule has 0 aliphatic heterocycles. The molecule has 1 heterocycles. The van der Waals surface area contributed by atoms with Crippen LogP contribution in [0.3, 0.4) is 0 Å². The minimum Gasteiger partial charge on any atom is -0.324 e. The number of imidazole rings is 1. The number of rotatable bonds is 2. The van der Waals surface area contributed by atoms with Gasteiger partial charge in [0, 0.05) is 0 Å². The van der Waals surface area contributed by atoms with Gasteiger partial charge < -0.3 is 10.3 Å². The largest absolute Gasteiger partial charge is 0.324 e. The van der Waals surface area contributed by atoms with Crippen molar-refractivity contribution < 1.29 is 8.78 Å². The molecular weight excluding hydrogens is 236 g/mol. The quantitative estimate of drug-likeness (QED) is 0.724. The van der Waals surface area contributed by atoms with Crippen molar-refractivity contribution in [1.82, 2.24) is 9.97 Å². The molecule has 0 amide bonds. The van der Waals surface area contributed by atoms with Gasteiger partial charge >= 0.3 is 0 Å². The van der Waals surface area contributed by atoms with Crippen LogP contribution in [0.25, 0.3) is 11.0 Å². The van der Waals surface area contributed by atoms with Crippen molar-refractivity contribution in [2.75, 3.05) is 5.32 Å². The molecule has 0 saturated carbocycles. The molecule has 0 bridgehead atoms. The normalized spacial score (nSPS) is 10.8. The maximum atomic E-state index is 13.4. The first-order chi connectivity index (χ1) is 8.74. The molecule has 3 rings (SSSR count). The number of aromatic amines is 1. The predicted octanol–water partition coefficient (Wildman–Crippen LogP) is 3.58. The second-order valence-corrected chi connectivity index (χ2v) is 3.82. The van der Waals surface area contributed by atoms with Crippen LogP contribution in [-0.2, 0) is 0 Å². The Morgan fingerprint density at radius 3 is 2.39 bits per heavy atom. The van der Waals surface area contributed by atoms with Crippen LogP contribution >= 0.6 is 0 Å². The van der Waals surface area contributed by atoms with Gasteiger partial charge in [0.05, 0.1) is 11.0 Å². The Morgan fingerprint density at radius 1 is 0.944 bits per heavy atom. The van der Waals surface area contributed by atoms with E-state index in [4.69, 9.17) is 0 Å². The van der Waals surface area contributed by atoms with Crippen LogP contribution in [0.1, 0.15) is 0 Å². The number of hydrogen-bond acceptors (Lipinski definition) is 2. The van der Waals surface area contributed by atoms with Gasteiger partial charge in [0.2, 0.25) is 5.95 Å². The number of fused-ring (bicyclic) bond motifs is 1. The topological polar surface area (TPSA) is 40.7 Å². The molecule has 0 atom stereocenters. The number of H-pyrrole nitrogens is 1. The van der Waals surface area contributed by atoms with Crippen molar-refractivity contribution in [2.45, 2.75) is 0 Å². The number of benzene rings is 2. The highest BCUT2D eigenvalue weighted by atomic mass is 19.1. The minimum absolute atomic E-state index is 0.212. The van der Waals surface area contributed by atoms with Gasteiger partial charge in [-0.2, -0.15) is 0 Å². The van der Waals surface area contributed by atoms with Gasteiger partial charge in [-0.25, -0.2) is 13.8 Å². The molecule has 18 heavy (non-hydrogen) atoms. The van der Waals surface area contributed by atoms with Gasteiger partial charge in [-0.3, -0.25) is 0 Å². The average Bonchev–Trinajstić information content (AvgIpc) is 2.76. The summed E-state index contributed by atoms with van der Waals surface area (Å²) in [7, 11) is 0. The second kappa shape index (κ2) is 4.10. The van der Waals surface area contributed by atoms with Crippen LogP contribution < -0.4 is 5.32 Å². The lowest BCUT2D eigenvalue weighted by atomic mass is 10.3. The number of aromatic nitrogens is 2. The molecular formula is C13H9F2N3. The zero-order chi connectivity index (χ0) is 12.5. The van der Waals surface area contributed by atoms with E-state index >= 15 is 0 Å². The van der Waals surface area contributed by atoms with Crippen LogP contribution in [0.15, 0.2) is 42.5 Å². The highest BCUT2D eigenvalue weighted by molar-refractivity contribution is 5.78. The Balaban J connectivity index is 2.01. The number of nitrogens with one attached hydrogen (secondary N) is 2. The van der Waals surface area contributed by atoms with Crippen LogP contribution in [0.4, 0.5) is 20.4 Å². The zero-order valence-electron chi connectivity index (χ0n) is 9.24. The highest BCUT2D eigenvalue weighted by Crippen LogP contribution is 2.23. The number of nitrogens with zero attached hydrogens (tertiary/aromatic N) is 1. The van der Waals surface area contributed by atoms with E-state index in [-0.39, 0.29) is 5.69 Å². The van der Waals surface area contributed by atoms with Crippen LogP contribution in [0.2, 0.25) is 0 Å². The van der Waals surface area contributed by atoms with E-state index in [1.807, 2.05) is 24.3 Å². The fourth-order valence-electron chi connectivity index (χ4n) is 1.75. The smallest absolute Gasteiger partial charge is 0.205 e. The van der Waals surface area contributed by atoms with Crippen molar-refractivity contribution >= 4 is 22.7 Å². The van der Waals surface area contributed by atoms with E-state index in [0.717, 1.165) is 11.0 Å². The number of halogens is 2. The summed E-state index contributed by atoms with van der Waals surface area (Å²) in [6.45, 7) is 0. The number of para-hydroxylation sites is 3. The number of anilines is 2. The van der Waals surface area contributed by atoms with Crippen LogP contribution in [0.5, 0.6) is 0 Å². The Hall–Kier alpha value is -2.43. The SMILES string of the molecule is Fc1cccc(F)c1Nc1nc2ccccc2[nH]1. The van der Waals surface area contributed by atoms with E-state index in [1.165, 1.54) is 18.2 Å². The average molecular weight is 245 g/mol. The van der Waals surface area contributed by atoms with Gasteiger partial charge in [-0.1, -0.05) is 18.2 Å². The molecule has 0 unspecified atom stereocenters. The van der Waals surface area contributed by atoms with Gasteiger partial charge in [0.15, 0.2) is 0 Å². The van der Waals surface area contributed by atoms with Gasteiger partial charge in [0.1, 0.15) is 17.3 Å². The van der Waals surface area contributed by atoms with Crippen LogP contribution in [-0.4, -0.2) is 9.97 Å². The summed E-state index contributed by atoms with van der Waals surface area (Å²) >= 11 is 0. The van der Waals surface area contributed by atoms with E-state index in [2.05, 4.69) is 15.3 Å². The Labute approximate surface area is 101 Å². The molecule has 0 aliphatic rings. The molecule has 0 aliphatic carbocycles. The summed E-state index contributed by atoms with van der Waals surface area (Å²) < 4.78 is 26.9. The lowest BCUT2D eigenvalue weighted by Crippen LogP contribution is -1.98. The number of hydrogen-bond donors (Lipinski definition) is 2.